The van der Waals surface area contributed by atoms with Crippen molar-refractivity contribution < 1.29 is 9.59 Å². The Morgan fingerprint density at radius 2 is 2.11 bits per heavy atom. The quantitative estimate of drug-likeness (QED) is 0.678. The van der Waals surface area contributed by atoms with E-state index in [2.05, 4.69) is 10.6 Å². The van der Waals surface area contributed by atoms with Gasteiger partial charge >= 0.3 is 0 Å². The summed E-state index contributed by atoms with van der Waals surface area (Å²) in [6.07, 6.45) is 2.51. The molecule has 1 saturated heterocycles. The molecule has 19 heavy (non-hydrogen) atoms. The molecule has 102 valence electrons. The normalized spacial score (nSPS) is 18.1. The predicted molar refractivity (Wildman–Crippen MR) is 73.3 cm³/mol. The molecule has 0 radical (unpaired) electrons. The fourth-order valence-corrected chi connectivity index (χ4v) is 2.10. The summed E-state index contributed by atoms with van der Waals surface area (Å²) in [6.45, 7) is 0.520. The highest BCUT2D eigenvalue weighted by Crippen LogP contribution is 2.08. The zero-order valence-electron chi connectivity index (χ0n) is 10.8. The molecule has 2 rings (SSSR count). The maximum Gasteiger partial charge on any atom is 0.220 e. The number of anilines is 1. The summed E-state index contributed by atoms with van der Waals surface area (Å²) in [5.41, 5.74) is 7.42. The molecule has 0 bridgehead atoms. The Hall–Kier alpha value is -2.04. The van der Waals surface area contributed by atoms with Crippen molar-refractivity contribution in [2.24, 2.45) is 0 Å². The number of carbonyl (C=O) groups excluding carboxylic acids is 2. The smallest absolute Gasteiger partial charge is 0.220 e. The van der Waals surface area contributed by atoms with E-state index in [4.69, 9.17) is 5.73 Å². The Kier molecular flexibility index (Phi) is 4.39. The van der Waals surface area contributed by atoms with Crippen LogP contribution in [0.5, 0.6) is 0 Å². The molecule has 0 aliphatic carbocycles. The molecule has 1 atom stereocenters. The number of nitrogen functional groups attached to an aromatic ring is 1. The van der Waals surface area contributed by atoms with Crippen LogP contribution in [0, 0.1) is 0 Å². The zero-order valence-corrected chi connectivity index (χ0v) is 10.8. The van der Waals surface area contributed by atoms with Gasteiger partial charge in [-0.1, -0.05) is 12.1 Å². The van der Waals surface area contributed by atoms with Crippen LogP contribution >= 0.6 is 0 Å². The van der Waals surface area contributed by atoms with Gasteiger partial charge in [0.15, 0.2) is 0 Å². The molecular weight excluding hydrogens is 242 g/mol. The van der Waals surface area contributed by atoms with Gasteiger partial charge < -0.3 is 16.4 Å². The summed E-state index contributed by atoms with van der Waals surface area (Å²) in [4.78, 5) is 22.7. The van der Waals surface area contributed by atoms with Gasteiger partial charge in [-0.2, -0.15) is 0 Å². The standard InChI is InChI=1S/C14H19N3O2/c15-11-4-1-10(2-5-11)3-7-13(18)16-9-12-6-8-14(19)17-12/h1-2,4-5,12H,3,6-9,15H2,(H,16,18)(H,17,19). The molecule has 1 aliphatic heterocycles. The van der Waals surface area contributed by atoms with Gasteiger partial charge in [-0.15, -0.1) is 0 Å². The van der Waals surface area contributed by atoms with Crippen LogP contribution in [0.2, 0.25) is 0 Å². The van der Waals surface area contributed by atoms with Crippen molar-refractivity contribution in [1.82, 2.24) is 10.6 Å². The highest BCUT2D eigenvalue weighted by molar-refractivity contribution is 5.79. The first-order valence-corrected chi connectivity index (χ1v) is 6.54. The van der Waals surface area contributed by atoms with Gasteiger partial charge in [0, 0.05) is 31.1 Å². The Bertz CT molecular complexity index is 456. The van der Waals surface area contributed by atoms with Gasteiger partial charge in [-0.3, -0.25) is 9.59 Å². The highest BCUT2D eigenvalue weighted by atomic mass is 16.2. The fourth-order valence-electron chi connectivity index (χ4n) is 2.10. The lowest BCUT2D eigenvalue weighted by molar-refractivity contribution is -0.122. The maximum atomic E-state index is 11.7. The van der Waals surface area contributed by atoms with E-state index in [0.717, 1.165) is 17.7 Å². The number of rotatable bonds is 5. The van der Waals surface area contributed by atoms with Gasteiger partial charge in [0.2, 0.25) is 11.8 Å². The molecule has 5 heteroatoms. The minimum absolute atomic E-state index is 0.0120. The second-order valence-electron chi connectivity index (χ2n) is 4.85. The van der Waals surface area contributed by atoms with E-state index in [1.807, 2.05) is 24.3 Å². The monoisotopic (exact) mass is 261 g/mol. The van der Waals surface area contributed by atoms with Crippen molar-refractivity contribution in [2.45, 2.75) is 31.7 Å². The Morgan fingerprint density at radius 1 is 1.37 bits per heavy atom. The Labute approximate surface area is 112 Å². The van der Waals surface area contributed by atoms with Crippen LogP contribution in [0.4, 0.5) is 5.69 Å². The molecule has 0 aromatic heterocycles. The van der Waals surface area contributed by atoms with Gasteiger partial charge in [0.1, 0.15) is 0 Å². The number of hydrogen-bond acceptors (Lipinski definition) is 3. The van der Waals surface area contributed by atoms with Gasteiger partial charge in [0.25, 0.3) is 0 Å². The lowest BCUT2D eigenvalue weighted by Gasteiger charge is -2.11. The van der Waals surface area contributed by atoms with Crippen LogP contribution in [0.15, 0.2) is 24.3 Å². The third-order valence-electron chi connectivity index (χ3n) is 3.25. The first kappa shape index (κ1) is 13.4. The maximum absolute atomic E-state index is 11.7. The first-order valence-electron chi connectivity index (χ1n) is 6.54. The zero-order chi connectivity index (χ0) is 13.7. The molecule has 0 spiro atoms. The highest BCUT2D eigenvalue weighted by Gasteiger charge is 2.20. The van der Waals surface area contributed by atoms with E-state index >= 15 is 0 Å². The molecule has 2 amide bonds. The number of amides is 2. The summed E-state index contributed by atoms with van der Waals surface area (Å²) in [6, 6.07) is 7.62. The molecule has 1 aromatic rings. The number of nitrogens with one attached hydrogen (secondary N) is 2. The van der Waals surface area contributed by atoms with Crippen LogP contribution in [0.3, 0.4) is 0 Å². The number of hydrogen-bond donors (Lipinski definition) is 3. The summed E-state index contributed by atoms with van der Waals surface area (Å²) in [5.74, 6) is 0.0825. The van der Waals surface area contributed by atoms with Gasteiger partial charge in [0.05, 0.1) is 0 Å². The van der Waals surface area contributed by atoms with Crippen molar-refractivity contribution in [3.8, 4) is 0 Å². The fraction of sp³-hybridized carbons (Fsp3) is 0.429. The number of aryl methyl sites for hydroxylation is 1. The predicted octanol–water partition coefficient (Wildman–Crippen LogP) is 0.596. The van der Waals surface area contributed by atoms with Crippen LogP contribution < -0.4 is 16.4 Å². The average molecular weight is 261 g/mol. The Balaban J connectivity index is 1.67. The molecule has 1 fully saturated rings. The largest absolute Gasteiger partial charge is 0.399 e. The third kappa shape index (κ3) is 4.28. The molecule has 0 saturated carbocycles. The average Bonchev–Trinajstić information content (AvgIpc) is 2.81. The van der Waals surface area contributed by atoms with Gasteiger partial charge in [-0.05, 0) is 30.5 Å². The van der Waals surface area contributed by atoms with E-state index in [0.29, 0.717) is 25.8 Å². The van der Waals surface area contributed by atoms with E-state index in [9.17, 15) is 9.59 Å². The van der Waals surface area contributed by atoms with Crippen molar-refractivity contribution in [3.63, 3.8) is 0 Å². The molecule has 4 N–H and O–H groups in total. The number of benzene rings is 1. The molecular formula is C14H19N3O2. The van der Waals surface area contributed by atoms with Crippen molar-refractivity contribution >= 4 is 17.5 Å². The summed E-state index contributed by atoms with van der Waals surface area (Å²) in [5, 5.41) is 5.67. The van der Waals surface area contributed by atoms with E-state index in [-0.39, 0.29) is 17.9 Å². The Morgan fingerprint density at radius 3 is 2.74 bits per heavy atom. The van der Waals surface area contributed by atoms with E-state index < -0.39 is 0 Å². The summed E-state index contributed by atoms with van der Waals surface area (Å²) in [7, 11) is 0. The lowest BCUT2D eigenvalue weighted by atomic mass is 10.1. The SMILES string of the molecule is Nc1ccc(CCC(=O)NCC2CCC(=O)N2)cc1. The van der Waals surface area contributed by atoms with Gasteiger partial charge in [-0.25, -0.2) is 0 Å². The molecule has 1 heterocycles. The van der Waals surface area contributed by atoms with Crippen molar-refractivity contribution in [3.05, 3.63) is 29.8 Å². The van der Waals surface area contributed by atoms with Crippen LogP contribution in [-0.4, -0.2) is 24.4 Å². The van der Waals surface area contributed by atoms with E-state index in [1.54, 1.807) is 0 Å². The topological polar surface area (TPSA) is 84.2 Å². The van der Waals surface area contributed by atoms with Crippen LogP contribution in [0.25, 0.3) is 0 Å². The first-order chi connectivity index (χ1) is 9.13. The minimum Gasteiger partial charge on any atom is -0.399 e. The molecule has 1 aromatic carbocycles. The molecule has 5 nitrogen and oxygen atoms in total. The second kappa shape index (κ2) is 6.22. The lowest BCUT2D eigenvalue weighted by Crippen LogP contribution is -2.38. The van der Waals surface area contributed by atoms with Crippen molar-refractivity contribution in [1.29, 1.82) is 0 Å². The van der Waals surface area contributed by atoms with Crippen LogP contribution in [0.1, 0.15) is 24.8 Å². The summed E-state index contributed by atoms with van der Waals surface area (Å²) >= 11 is 0. The molecule has 1 aliphatic rings. The summed E-state index contributed by atoms with van der Waals surface area (Å²) < 4.78 is 0. The number of carbonyl (C=O) groups is 2. The van der Waals surface area contributed by atoms with Crippen LogP contribution in [-0.2, 0) is 16.0 Å². The van der Waals surface area contributed by atoms with E-state index in [1.165, 1.54) is 0 Å². The molecule has 1 unspecified atom stereocenters. The number of nitrogens with two attached hydrogens (primary N) is 1. The minimum atomic E-state index is 0.0120. The third-order valence-corrected chi connectivity index (χ3v) is 3.25. The van der Waals surface area contributed by atoms with Crippen molar-refractivity contribution in [2.75, 3.05) is 12.3 Å². The second-order valence-corrected chi connectivity index (χ2v) is 4.85.